The first-order chi connectivity index (χ1) is 33.4. The van der Waals surface area contributed by atoms with Gasteiger partial charge in [0, 0.05) is 47.9 Å². The maximum Gasteiger partial charge on any atom is 0.264 e. The van der Waals surface area contributed by atoms with Gasteiger partial charge in [0.2, 0.25) is 0 Å². The summed E-state index contributed by atoms with van der Waals surface area (Å²) in [5.41, 5.74) is 22.9. The van der Waals surface area contributed by atoms with Crippen molar-refractivity contribution in [2.45, 2.75) is 172 Å². The molecular formula is C65H72BN3S2. The lowest BCUT2D eigenvalue weighted by Gasteiger charge is -2.47. The van der Waals surface area contributed by atoms with Crippen molar-refractivity contribution in [1.29, 1.82) is 0 Å². The topological polar surface area (TPSA) is 9.72 Å². The van der Waals surface area contributed by atoms with Crippen LogP contribution in [0.1, 0.15) is 161 Å². The Hall–Kier alpha value is -5.17. The lowest BCUT2D eigenvalue weighted by Crippen LogP contribution is -2.61. The van der Waals surface area contributed by atoms with Gasteiger partial charge in [0.15, 0.2) is 0 Å². The Kier molecular flexibility index (Phi) is 10.2. The van der Waals surface area contributed by atoms with Crippen molar-refractivity contribution in [3.05, 3.63) is 154 Å². The van der Waals surface area contributed by atoms with Crippen LogP contribution in [0.25, 0.3) is 0 Å². The van der Waals surface area contributed by atoms with E-state index in [1.54, 1.807) is 10.4 Å². The smallest absolute Gasteiger partial charge is 0.264 e. The van der Waals surface area contributed by atoms with Crippen LogP contribution < -0.4 is 30.4 Å². The maximum absolute atomic E-state index is 2.80. The molecule has 0 atom stereocenters. The lowest BCUT2D eigenvalue weighted by atomic mass is 9.35. The van der Waals surface area contributed by atoms with Crippen LogP contribution in [-0.4, -0.2) is 6.71 Å². The zero-order valence-corrected chi connectivity index (χ0v) is 46.7. The monoisotopic (exact) mass is 970 g/mol. The average Bonchev–Trinajstić information content (AvgIpc) is 3.74. The van der Waals surface area contributed by atoms with Crippen LogP contribution in [0.5, 0.6) is 0 Å². The third-order valence-corrected chi connectivity index (χ3v) is 20.2. The SMILES string of the molecule is Cc1cccc2c1N(c1cc3c4c(c1)N(c1ccc5c(c1)C(C)(C)CCC5(C)C)c1c(sc5c1C(C)(C)CCC5(C)C)B4c1cc(C(C)(C)C)ccc1N3c1ccc(C(C)(C)C)cc1)c1ccccc1S2. The van der Waals surface area contributed by atoms with Crippen LogP contribution in [0.15, 0.2) is 125 Å². The van der Waals surface area contributed by atoms with E-state index in [0.29, 0.717) is 0 Å². The van der Waals surface area contributed by atoms with Crippen molar-refractivity contribution in [3.8, 4) is 0 Å². The summed E-state index contributed by atoms with van der Waals surface area (Å²) < 4.78 is 1.49. The highest BCUT2D eigenvalue weighted by Crippen LogP contribution is 2.59. The lowest BCUT2D eigenvalue weighted by molar-refractivity contribution is 0.332. The van der Waals surface area contributed by atoms with Crippen LogP contribution >= 0.6 is 23.1 Å². The van der Waals surface area contributed by atoms with Gasteiger partial charge in [-0.3, -0.25) is 0 Å². The Balaban J connectivity index is 1.25. The van der Waals surface area contributed by atoms with Gasteiger partial charge < -0.3 is 14.7 Å². The fraction of sp³-hybridized carbons (Fsp3) is 0.385. The summed E-state index contributed by atoms with van der Waals surface area (Å²) in [5, 5.41) is 0. The highest BCUT2D eigenvalue weighted by molar-refractivity contribution is 7.99. The molecule has 362 valence electrons. The third kappa shape index (κ3) is 7.10. The molecule has 6 heteroatoms. The Bertz CT molecular complexity index is 3350. The highest BCUT2D eigenvalue weighted by Gasteiger charge is 2.52. The molecule has 0 amide bonds. The summed E-state index contributed by atoms with van der Waals surface area (Å²) in [4.78, 5) is 12.2. The molecule has 12 rings (SSSR count). The zero-order chi connectivity index (χ0) is 50.1. The molecule has 0 radical (unpaired) electrons. The van der Waals surface area contributed by atoms with E-state index < -0.39 is 0 Å². The Morgan fingerprint density at radius 2 is 1.07 bits per heavy atom. The van der Waals surface area contributed by atoms with Gasteiger partial charge in [-0.1, -0.05) is 163 Å². The van der Waals surface area contributed by atoms with E-state index in [1.807, 2.05) is 11.8 Å². The van der Waals surface area contributed by atoms with E-state index in [-0.39, 0.29) is 39.2 Å². The van der Waals surface area contributed by atoms with Gasteiger partial charge in [0.05, 0.1) is 22.7 Å². The minimum atomic E-state index is -0.0298. The second kappa shape index (κ2) is 15.4. The summed E-state index contributed by atoms with van der Waals surface area (Å²) in [6.45, 7) is 36.5. The van der Waals surface area contributed by atoms with Crippen LogP contribution in [0.3, 0.4) is 0 Å². The van der Waals surface area contributed by atoms with E-state index >= 15 is 0 Å². The third-order valence-electron chi connectivity index (χ3n) is 17.5. The molecule has 5 aliphatic rings. The van der Waals surface area contributed by atoms with Crippen molar-refractivity contribution < 1.29 is 0 Å². The molecule has 0 unspecified atom stereocenters. The minimum absolute atomic E-state index is 0.0225. The molecule has 1 aromatic heterocycles. The summed E-state index contributed by atoms with van der Waals surface area (Å²) in [6.07, 6.45) is 4.69. The fourth-order valence-corrected chi connectivity index (χ4v) is 15.8. The standard InChI is InChI=1S/C65H72BN3S2/c1-39-19-18-22-53-56(39)69(49-20-16-17-21-52(49)70-53)44-37-50-55-51(38-44)68(43-28-29-45-46(36-43)63(10,11)32-31-62(45,8)9)57-54-58(65(14,15)34-33-64(54,12)13)71-59(57)66(55)47-35-41(61(5,6)7)25-30-48(47)67(50)42-26-23-40(24-27-42)60(2,3)4/h16-30,35-38H,31-34H2,1-15H3. The highest BCUT2D eigenvalue weighted by atomic mass is 32.2. The van der Waals surface area contributed by atoms with E-state index in [1.165, 1.54) is 124 Å². The molecule has 2 aliphatic carbocycles. The molecular weight excluding hydrogens is 898 g/mol. The molecule has 0 saturated carbocycles. The first-order valence-corrected chi connectivity index (χ1v) is 28.0. The summed E-state index contributed by atoms with van der Waals surface area (Å²) >= 11 is 4.03. The number of thiophene rings is 1. The van der Waals surface area contributed by atoms with E-state index in [0.717, 1.165) is 6.42 Å². The molecule has 0 saturated heterocycles. The second-order valence-electron chi connectivity index (χ2n) is 26.4. The molecule has 0 fully saturated rings. The normalized spacial score (nSPS) is 18.7. The van der Waals surface area contributed by atoms with E-state index in [2.05, 4.69) is 245 Å². The number of hydrogen-bond acceptors (Lipinski definition) is 5. The van der Waals surface area contributed by atoms with Gasteiger partial charge >= 0.3 is 0 Å². The van der Waals surface area contributed by atoms with E-state index in [9.17, 15) is 0 Å². The Labute approximate surface area is 434 Å². The number of hydrogen-bond donors (Lipinski definition) is 0. The average molecular weight is 970 g/mol. The van der Waals surface area contributed by atoms with Crippen molar-refractivity contribution in [3.63, 3.8) is 0 Å². The van der Waals surface area contributed by atoms with Gasteiger partial charge in [0.25, 0.3) is 6.71 Å². The minimum Gasteiger partial charge on any atom is -0.311 e. The molecule has 7 aromatic rings. The number of anilines is 9. The first-order valence-electron chi connectivity index (χ1n) is 26.4. The predicted molar refractivity (Wildman–Crippen MR) is 310 cm³/mol. The number of benzene rings is 6. The second-order valence-corrected chi connectivity index (χ2v) is 28.6. The summed E-state index contributed by atoms with van der Waals surface area (Å²) in [6, 6.07) is 45.7. The van der Waals surface area contributed by atoms with Gasteiger partial charge in [-0.2, -0.15) is 11.3 Å². The molecule has 0 spiro atoms. The van der Waals surface area contributed by atoms with Gasteiger partial charge in [-0.05, 0) is 170 Å². The Morgan fingerprint density at radius 1 is 0.479 bits per heavy atom. The fourth-order valence-electron chi connectivity index (χ4n) is 13.0. The van der Waals surface area contributed by atoms with Gasteiger partial charge in [0.1, 0.15) is 0 Å². The molecule has 0 bridgehead atoms. The zero-order valence-electron chi connectivity index (χ0n) is 45.0. The van der Waals surface area contributed by atoms with Crippen LogP contribution in [0.4, 0.5) is 51.2 Å². The van der Waals surface area contributed by atoms with Crippen LogP contribution in [-0.2, 0) is 32.5 Å². The molecule has 71 heavy (non-hydrogen) atoms. The van der Waals surface area contributed by atoms with Crippen LogP contribution in [0, 0.1) is 6.92 Å². The number of nitrogens with zero attached hydrogens (tertiary/aromatic N) is 3. The first kappa shape index (κ1) is 46.9. The van der Waals surface area contributed by atoms with Gasteiger partial charge in [-0.15, -0.1) is 0 Å². The molecule has 3 aliphatic heterocycles. The molecule has 6 aromatic carbocycles. The largest absolute Gasteiger partial charge is 0.311 e. The van der Waals surface area contributed by atoms with E-state index in [4.69, 9.17) is 0 Å². The number of para-hydroxylation sites is 2. The molecule has 4 heterocycles. The number of fused-ring (bicyclic) bond motifs is 9. The summed E-state index contributed by atoms with van der Waals surface area (Å²) in [5.74, 6) is 0. The van der Waals surface area contributed by atoms with Crippen molar-refractivity contribution in [1.82, 2.24) is 0 Å². The predicted octanol–water partition coefficient (Wildman–Crippen LogP) is 17.4. The van der Waals surface area contributed by atoms with Gasteiger partial charge in [-0.25, -0.2) is 0 Å². The van der Waals surface area contributed by atoms with Crippen molar-refractivity contribution in [2.24, 2.45) is 0 Å². The van der Waals surface area contributed by atoms with Crippen molar-refractivity contribution >= 4 is 96.7 Å². The maximum atomic E-state index is 2.80. The Morgan fingerprint density at radius 3 is 1.77 bits per heavy atom. The van der Waals surface area contributed by atoms with Crippen molar-refractivity contribution in [2.75, 3.05) is 14.7 Å². The molecule has 3 nitrogen and oxygen atoms in total. The molecule has 0 N–H and O–H groups in total. The number of rotatable bonds is 3. The van der Waals surface area contributed by atoms with Crippen LogP contribution in [0.2, 0.25) is 0 Å². The quantitative estimate of drug-likeness (QED) is 0.163. The number of aryl methyl sites for hydroxylation is 1. The summed E-state index contributed by atoms with van der Waals surface area (Å²) in [7, 11) is 0.